The molecule has 3 rings (SSSR count). The van der Waals surface area contributed by atoms with E-state index in [2.05, 4.69) is 15.6 Å². The Kier molecular flexibility index (Phi) is 6.15. The summed E-state index contributed by atoms with van der Waals surface area (Å²) in [5.41, 5.74) is 1.64. The summed E-state index contributed by atoms with van der Waals surface area (Å²) >= 11 is 5.24. The number of hydrogen-bond acceptors (Lipinski definition) is 5. The van der Waals surface area contributed by atoms with Crippen LogP contribution in [0.3, 0.4) is 0 Å². The lowest BCUT2D eigenvalue weighted by atomic mass is 10.1. The predicted molar refractivity (Wildman–Crippen MR) is 103 cm³/mol. The second-order valence-corrected chi connectivity index (χ2v) is 6.58. The standard InChI is InChI=1S/C19H18FN3O4S/c20-14-3-1-2-13-12(14)5-7-15(13)23-19(28)21-8-9-27-18(26)11-4-6-16(17(24)25)22-10-11/h1-4,6,10,15H,5,7-9H2,(H,24,25)(H2,21,23,28). The van der Waals surface area contributed by atoms with Crippen LogP contribution in [-0.2, 0) is 11.2 Å². The lowest BCUT2D eigenvalue weighted by Gasteiger charge is -2.17. The van der Waals surface area contributed by atoms with Crippen molar-refractivity contribution in [3.8, 4) is 0 Å². The molecule has 0 spiro atoms. The Morgan fingerprint density at radius 1 is 1.32 bits per heavy atom. The molecule has 1 aliphatic rings. The highest BCUT2D eigenvalue weighted by atomic mass is 32.1. The molecular formula is C19H18FN3O4S. The molecule has 1 aliphatic carbocycles. The van der Waals surface area contributed by atoms with Crippen LogP contribution in [0.1, 0.15) is 44.4 Å². The van der Waals surface area contributed by atoms with Crippen LogP contribution in [0.4, 0.5) is 4.39 Å². The number of pyridine rings is 1. The Morgan fingerprint density at radius 2 is 2.14 bits per heavy atom. The third kappa shape index (κ3) is 4.61. The lowest BCUT2D eigenvalue weighted by Crippen LogP contribution is -2.38. The van der Waals surface area contributed by atoms with Gasteiger partial charge in [-0.05, 0) is 54.4 Å². The fourth-order valence-electron chi connectivity index (χ4n) is 3.00. The first kappa shape index (κ1) is 19.7. The molecule has 0 saturated heterocycles. The van der Waals surface area contributed by atoms with Gasteiger partial charge in [0, 0.05) is 6.20 Å². The van der Waals surface area contributed by atoms with Crippen LogP contribution in [0.5, 0.6) is 0 Å². The average Bonchev–Trinajstić information content (AvgIpc) is 3.09. The first-order valence-electron chi connectivity index (χ1n) is 8.64. The number of nitrogens with zero attached hydrogens (tertiary/aromatic N) is 1. The number of benzene rings is 1. The quantitative estimate of drug-likeness (QED) is 0.384. The van der Waals surface area contributed by atoms with Crippen molar-refractivity contribution in [2.75, 3.05) is 13.2 Å². The molecule has 0 aliphatic heterocycles. The number of thiocarbonyl (C=S) groups is 1. The van der Waals surface area contributed by atoms with Crippen molar-refractivity contribution in [2.24, 2.45) is 0 Å². The Labute approximate surface area is 165 Å². The number of ether oxygens (including phenoxy) is 1. The van der Waals surface area contributed by atoms with Crippen molar-refractivity contribution in [1.29, 1.82) is 0 Å². The zero-order chi connectivity index (χ0) is 20.1. The summed E-state index contributed by atoms with van der Waals surface area (Å²) in [5, 5.41) is 15.3. The van der Waals surface area contributed by atoms with E-state index in [1.165, 1.54) is 18.2 Å². The number of nitrogens with one attached hydrogen (secondary N) is 2. The fourth-order valence-corrected chi connectivity index (χ4v) is 3.25. The number of carboxylic acids is 1. The number of esters is 1. The maximum atomic E-state index is 13.8. The van der Waals surface area contributed by atoms with Gasteiger partial charge < -0.3 is 20.5 Å². The van der Waals surface area contributed by atoms with Crippen molar-refractivity contribution in [1.82, 2.24) is 15.6 Å². The molecule has 0 radical (unpaired) electrons. The van der Waals surface area contributed by atoms with Crippen LogP contribution in [0, 0.1) is 5.82 Å². The SMILES string of the molecule is O=C(OCCNC(=S)NC1CCc2c(F)cccc21)c1ccc(C(=O)O)nc1. The van der Waals surface area contributed by atoms with Crippen molar-refractivity contribution in [2.45, 2.75) is 18.9 Å². The predicted octanol–water partition coefficient (Wildman–Crippen LogP) is 2.23. The van der Waals surface area contributed by atoms with Crippen LogP contribution < -0.4 is 10.6 Å². The molecule has 1 heterocycles. The van der Waals surface area contributed by atoms with E-state index in [0.717, 1.165) is 23.7 Å². The zero-order valence-electron chi connectivity index (χ0n) is 14.8. The minimum Gasteiger partial charge on any atom is -0.477 e. The summed E-state index contributed by atoms with van der Waals surface area (Å²) in [6.07, 6.45) is 2.57. The van der Waals surface area contributed by atoms with E-state index >= 15 is 0 Å². The van der Waals surface area contributed by atoms with Gasteiger partial charge in [-0.15, -0.1) is 0 Å². The van der Waals surface area contributed by atoms with Crippen molar-refractivity contribution in [3.63, 3.8) is 0 Å². The van der Waals surface area contributed by atoms with Gasteiger partial charge >= 0.3 is 11.9 Å². The Hall–Kier alpha value is -3.07. The monoisotopic (exact) mass is 403 g/mol. The number of aromatic nitrogens is 1. The molecule has 9 heteroatoms. The van der Waals surface area contributed by atoms with Gasteiger partial charge in [-0.25, -0.2) is 19.0 Å². The number of aromatic carboxylic acids is 1. The van der Waals surface area contributed by atoms with E-state index in [1.54, 1.807) is 6.07 Å². The minimum atomic E-state index is -1.17. The number of carboxylic acid groups (broad SMARTS) is 1. The lowest BCUT2D eigenvalue weighted by molar-refractivity contribution is 0.0510. The van der Waals surface area contributed by atoms with Gasteiger partial charge in [-0.2, -0.15) is 0 Å². The Morgan fingerprint density at radius 3 is 2.86 bits per heavy atom. The molecule has 0 amide bonds. The Balaban J connectivity index is 1.41. The van der Waals surface area contributed by atoms with Crippen molar-refractivity contribution < 1.29 is 23.8 Å². The zero-order valence-corrected chi connectivity index (χ0v) is 15.6. The summed E-state index contributed by atoms with van der Waals surface area (Å²) in [4.78, 5) is 26.3. The number of halogens is 1. The Bertz CT molecular complexity index is 905. The maximum Gasteiger partial charge on any atom is 0.354 e. The van der Waals surface area contributed by atoms with Gasteiger partial charge in [0.1, 0.15) is 18.1 Å². The topological polar surface area (TPSA) is 101 Å². The van der Waals surface area contributed by atoms with Gasteiger partial charge in [-0.1, -0.05) is 12.1 Å². The first-order chi connectivity index (χ1) is 13.5. The van der Waals surface area contributed by atoms with E-state index in [-0.39, 0.29) is 29.7 Å². The minimum absolute atomic E-state index is 0.0490. The number of carbonyl (C=O) groups is 2. The number of carbonyl (C=O) groups excluding carboxylic acids is 1. The van der Waals surface area contributed by atoms with Gasteiger partial charge in [0.25, 0.3) is 0 Å². The molecule has 7 nitrogen and oxygen atoms in total. The van der Waals surface area contributed by atoms with Crippen LogP contribution >= 0.6 is 12.2 Å². The van der Waals surface area contributed by atoms with Crippen LogP contribution in [0.15, 0.2) is 36.5 Å². The van der Waals surface area contributed by atoms with Gasteiger partial charge in [0.15, 0.2) is 5.11 Å². The number of hydrogen-bond donors (Lipinski definition) is 3. The number of fused-ring (bicyclic) bond motifs is 1. The summed E-state index contributed by atoms with van der Waals surface area (Å²) in [6, 6.07) is 7.55. The van der Waals surface area contributed by atoms with Crippen LogP contribution in [0.2, 0.25) is 0 Å². The second-order valence-electron chi connectivity index (χ2n) is 6.17. The van der Waals surface area contributed by atoms with E-state index in [4.69, 9.17) is 22.1 Å². The van der Waals surface area contributed by atoms with Crippen molar-refractivity contribution in [3.05, 3.63) is 64.7 Å². The third-order valence-corrected chi connectivity index (χ3v) is 4.62. The normalized spacial score (nSPS) is 14.8. The summed E-state index contributed by atoms with van der Waals surface area (Å²) < 4.78 is 18.9. The fraction of sp³-hybridized carbons (Fsp3) is 0.263. The van der Waals surface area contributed by atoms with Crippen LogP contribution in [0.25, 0.3) is 0 Å². The molecule has 146 valence electrons. The molecule has 2 aromatic rings. The van der Waals surface area contributed by atoms with Gasteiger partial charge in [0.2, 0.25) is 0 Å². The highest BCUT2D eigenvalue weighted by Crippen LogP contribution is 2.32. The third-order valence-electron chi connectivity index (χ3n) is 4.36. The summed E-state index contributed by atoms with van der Waals surface area (Å²) in [5.74, 6) is -1.97. The smallest absolute Gasteiger partial charge is 0.354 e. The summed E-state index contributed by atoms with van der Waals surface area (Å²) in [7, 11) is 0. The molecule has 3 N–H and O–H groups in total. The molecule has 0 bridgehead atoms. The molecule has 1 aromatic heterocycles. The average molecular weight is 403 g/mol. The highest BCUT2D eigenvalue weighted by Gasteiger charge is 2.25. The molecule has 1 atom stereocenters. The van der Waals surface area contributed by atoms with Crippen LogP contribution in [-0.4, -0.2) is 40.3 Å². The van der Waals surface area contributed by atoms with E-state index in [0.29, 0.717) is 18.1 Å². The van der Waals surface area contributed by atoms with E-state index in [9.17, 15) is 14.0 Å². The van der Waals surface area contributed by atoms with Crippen molar-refractivity contribution >= 4 is 29.3 Å². The molecule has 0 saturated carbocycles. The molecule has 1 aromatic carbocycles. The van der Waals surface area contributed by atoms with Gasteiger partial charge in [0.05, 0.1) is 18.2 Å². The molecule has 0 fully saturated rings. The largest absolute Gasteiger partial charge is 0.477 e. The highest BCUT2D eigenvalue weighted by molar-refractivity contribution is 7.80. The first-order valence-corrected chi connectivity index (χ1v) is 9.04. The molecule has 28 heavy (non-hydrogen) atoms. The number of rotatable bonds is 6. The summed E-state index contributed by atoms with van der Waals surface area (Å²) in [6.45, 7) is 0.359. The molecule has 1 unspecified atom stereocenters. The van der Waals surface area contributed by atoms with Gasteiger partial charge in [-0.3, -0.25) is 0 Å². The van der Waals surface area contributed by atoms with E-state index in [1.807, 2.05) is 6.07 Å². The second kappa shape index (κ2) is 8.75. The molecular weight excluding hydrogens is 385 g/mol. The van der Waals surface area contributed by atoms with E-state index < -0.39 is 11.9 Å². The maximum absolute atomic E-state index is 13.8.